The molecule has 0 bridgehead atoms. The molecule has 1 aliphatic heterocycles. The van der Waals surface area contributed by atoms with Crippen molar-refractivity contribution in [2.45, 2.75) is 25.8 Å². The van der Waals surface area contributed by atoms with Crippen LogP contribution in [0.25, 0.3) is 0 Å². The van der Waals surface area contributed by atoms with E-state index in [9.17, 15) is 9.59 Å². The third-order valence-corrected chi connectivity index (χ3v) is 4.66. The predicted octanol–water partition coefficient (Wildman–Crippen LogP) is 1.77. The number of carboxylic acids is 1. The second-order valence-electron chi connectivity index (χ2n) is 6.10. The second-order valence-corrected chi connectivity index (χ2v) is 6.10. The zero-order valence-corrected chi connectivity index (χ0v) is 15.0. The van der Waals surface area contributed by atoms with E-state index >= 15 is 0 Å². The van der Waals surface area contributed by atoms with Crippen molar-refractivity contribution in [3.05, 3.63) is 23.8 Å². The van der Waals surface area contributed by atoms with Gasteiger partial charge in [-0.05, 0) is 24.6 Å². The summed E-state index contributed by atoms with van der Waals surface area (Å²) in [7, 11) is 3.23. The number of carbonyl (C=O) groups is 2. The molecular formula is C18H26N2O5. The van der Waals surface area contributed by atoms with Gasteiger partial charge in [0.1, 0.15) is 0 Å². The van der Waals surface area contributed by atoms with Crippen molar-refractivity contribution in [2.75, 3.05) is 40.4 Å². The minimum Gasteiger partial charge on any atom is -0.493 e. The Morgan fingerprint density at radius 3 is 2.28 bits per heavy atom. The SMILES string of the molecule is COc1ccc(C(C)N2CCN(C(=O)CCC(=O)O)CC2)cc1OC. The molecule has 1 N–H and O–H groups in total. The number of carbonyl (C=O) groups excluding carboxylic acids is 1. The van der Waals surface area contributed by atoms with Crippen LogP contribution in [0.2, 0.25) is 0 Å². The summed E-state index contributed by atoms with van der Waals surface area (Å²) >= 11 is 0. The number of rotatable bonds is 7. The highest BCUT2D eigenvalue weighted by Crippen LogP contribution is 2.32. The highest BCUT2D eigenvalue weighted by molar-refractivity contribution is 5.80. The number of hydrogen-bond donors (Lipinski definition) is 1. The first kappa shape index (κ1) is 19.1. The highest BCUT2D eigenvalue weighted by atomic mass is 16.5. The monoisotopic (exact) mass is 350 g/mol. The maximum atomic E-state index is 12.0. The molecule has 7 heteroatoms. The largest absolute Gasteiger partial charge is 0.493 e. The van der Waals surface area contributed by atoms with Gasteiger partial charge in [0, 0.05) is 38.6 Å². The number of ether oxygens (including phenoxy) is 2. The van der Waals surface area contributed by atoms with Crippen LogP contribution in [0.4, 0.5) is 0 Å². The Hall–Kier alpha value is -2.28. The number of benzene rings is 1. The summed E-state index contributed by atoms with van der Waals surface area (Å²) in [6, 6.07) is 6.09. The zero-order valence-electron chi connectivity index (χ0n) is 15.0. The van der Waals surface area contributed by atoms with Crippen LogP contribution in [0, 0.1) is 0 Å². The van der Waals surface area contributed by atoms with Gasteiger partial charge in [-0.2, -0.15) is 0 Å². The summed E-state index contributed by atoms with van der Waals surface area (Å²) in [4.78, 5) is 26.7. The van der Waals surface area contributed by atoms with E-state index in [2.05, 4.69) is 11.8 Å². The lowest BCUT2D eigenvalue weighted by Gasteiger charge is -2.38. The van der Waals surface area contributed by atoms with Gasteiger partial charge in [-0.15, -0.1) is 0 Å². The average Bonchev–Trinajstić information content (AvgIpc) is 2.64. The molecule has 1 aliphatic rings. The van der Waals surface area contributed by atoms with Gasteiger partial charge < -0.3 is 19.5 Å². The van der Waals surface area contributed by atoms with Crippen molar-refractivity contribution in [3.63, 3.8) is 0 Å². The van der Waals surface area contributed by atoms with Crippen LogP contribution in [-0.4, -0.2) is 67.2 Å². The molecule has 1 atom stereocenters. The number of methoxy groups -OCH3 is 2. The van der Waals surface area contributed by atoms with E-state index in [1.165, 1.54) is 0 Å². The van der Waals surface area contributed by atoms with Crippen molar-refractivity contribution < 1.29 is 24.2 Å². The first-order chi connectivity index (χ1) is 12.0. The van der Waals surface area contributed by atoms with Crippen LogP contribution in [0.1, 0.15) is 31.4 Å². The number of amides is 1. The summed E-state index contributed by atoms with van der Waals surface area (Å²) in [6.07, 6.45) is -0.0400. The summed E-state index contributed by atoms with van der Waals surface area (Å²) in [5, 5.41) is 8.68. The van der Waals surface area contributed by atoms with Gasteiger partial charge in [-0.1, -0.05) is 6.07 Å². The maximum Gasteiger partial charge on any atom is 0.303 e. The summed E-state index contributed by atoms with van der Waals surface area (Å²) in [6.45, 7) is 4.89. The highest BCUT2D eigenvalue weighted by Gasteiger charge is 2.25. The molecule has 1 amide bonds. The molecule has 0 aromatic heterocycles. The molecule has 1 heterocycles. The molecule has 0 aliphatic carbocycles. The number of hydrogen-bond acceptors (Lipinski definition) is 5. The minimum atomic E-state index is -0.936. The van der Waals surface area contributed by atoms with Crippen molar-refractivity contribution in [2.24, 2.45) is 0 Å². The van der Waals surface area contributed by atoms with Crippen LogP contribution in [0.5, 0.6) is 11.5 Å². The predicted molar refractivity (Wildman–Crippen MR) is 93.0 cm³/mol. The Kier molecular flexibility index (Phi) is 6.64. The third kappa shape index (κ3) is 4.85. The Labute approximate surface area is 148 Å². The van der Waals surface area contributed by atoms with E-state index in [1.54, 1.807) is 19.1 Å². The minimum absolute atomic E-state index is 0.0700. The molecule has 7 nitrogen and oxygen atoms in total. The topological polar surface area (TPSA) is 79.3 Å². The number of nitrogens with zero attached hydrogens (tertiary/aromatic N) is 2. The van der Waals surface area contributed by atoms with Crippen molar-refractivity contribution >= 4 is 11.9 Å². The van der Waals surface area contributed by atoms with Crippen LogP contribution >= 0.6 is 0 Å². The number of carboxylic acid groups (broad SMARTS) is 1. The van der Waals surface area contributed by atoms with Gasteiger partial charge >= 0.3 is 5.97 Å². The first-order valence-electron chi connectivity index (χ1n) is 8.41. The fourth-order valence-corrected chi connectivity index (χ4v) is 3.05. The fraction of sp³-hybridized carbons (Fsp3) is 0.556. The van der Waals surface area contributed by atoms with E-state index in [0.29, 0.717) is 24.6 Å². The molecule has 0 radical (unpaired) electrons. The van der Waals surface area contributed by atoms with Crippen molar-refractivity contribution in [1.82, 2.24) is 9.80 Å². The maximum absolute atomic E-state index is 12.0. The Morgan fingerprint density at radius 2 is 1.72 bits per heavy atom. The Balaban J connectivity index is 1.94. The van der Waals surface area contributed by atoms with Crippen molar-refractivity contribution in [1.29, 1.82) is 0 Å². The summed E-state index contributed by atoms with van der Waals surface area (Å²) in [5.41, 5.74) is 1.13. The molecule has 1 aromatic carbocycles. The van der Waals surface area contributed by atoms with Crippen LogP contribution < -0.4 is 9.47 Å². The van der Waals surface area contributed by atoms with Gasteiger partial charge in [-0.3, -0.25) is 14.5 Å². The third-order valence-electron chi connectivity index (χ3n) is 4.66. The fourth-order valence-electron chi connectivity index (χ4n) is 3.05. The average molecular weight is 350 g/mol. The molecular weight excluding hydrogens is 324 g/mol. The molecule has 0 saturated carbocycles. The molecule has 2 rings (SSSR count). The Morgan fingerprint density at radius 1 is 1.08 bits per heavy atom. The van der Waals surface area contributed by atoms with Gasteiger partial charge in [-0.25, -0.2) is 0 Å². The van der Waals surface area contributed by atoms with Gasteiger partial charge in [0.15, 0.2) is 11.5 Å². The molecule has 25 heavy (non-hydrogen) atoms. The molecule has 138 valence electrons. The van der Waals surface area contributed by atoms with E-state index in [-0.39, 0.29) is 24.8 Å². The molecule has 1 saturated heterocycles. The van der Waals surface area contributed by atoms with E-state index in [0.717, 1.165) is 18.7 Å². The zero-order chi connectivity index (χ0) is 18.4. The van der Waals surface area contributed by atoms with E-state index in [1.807, 2.05) is 18.2 Å². The summed E-state index contributed by atoms with van der Waals surface area (Å²) in [5.74, 6) is 0.386. The number of aliphatic carboxylic acids is 1. The van der Waals surface area contributed by atoms with Crippen LogP contribution in [0.3, 0.4) is 0 Å². The van der Waals surface area contributed by atoms with Gasteiger partial charge in [0.25, 0.3) is 0 Å². The second kappa shape index (κ2) is 8.71. The van der Waals surface area contributed by atoms with E-state index < -0.39 is 5.97 Å². The quantitative estimate of drug-likeness (QED) is 0.807. The molecule has 0 spiro atoms. The molecule has 1 fully saturated rings. The van der Waals surface area contributed by atoms with Crippen LogP contribution in [-0.2, 0) is 9.59 Å². The Bertz CT molecular complexity index is 611. The first-order valence-corrected chi connectivity index (χ1v) is 8.41. The standard InChI is InChI=1S/C18H26N2O5/c1-13(14-4-5-15(24-2)16(12-14)25-3)19-8-10-20(11-9-19)17(21)6-7-18(22)23/h4-5,12-13H,6-11H2,1-3H3,(H,22,23). The number of piperazine rings is 1. The van der Waals surface area contributed by atoms with Crippen molar-refractivity contribution in [3.8, 4) is 11.5 Å². The molecule has 1 unspecified atom stereocenters. The van der Waals surface area contributed by atoms with E-state index in [4.69, 9.17) is 14.6 Å². The van der Waals surface area contributed by atoms with Gasteiger partial charge in [0.05, 0.1) is 20.6 Å². The van der Waals surface area contributed by atoms with Gasteiger partial charge in [0.2, 0.25) is 5.91 Å². The normalized spacial score (nSPS) is 16.4. The summed E-state index contributed by atoms with van der Waals surface area (Å²) < 4.78 is 10.6. The lowest BCUT2D eigenvalue weighted by atomic mass is 10.0. The molecule has 1 aromatic rings. The lowest BCUT2D eigenvalue weighted by molar-refractivity contribution is -0.141. The lowest BCUT2D eigenvalue weighted by Crippen LogP contribution is -2.49. The van der Waals surface area contributed by atoms with Crippen LogP contribution in [0.15, 0.2) is 18.2 Å². The smallest absolute Gasteiger partial charge is 0.303 e.